The van der Waals surface area contributed by atoms with E-state index in [1.807, 2.05) is 0 Å². The van der Waals surface area contributed by atoms with Crippen LogP contribution in [0.25, 0.3) is 0 Å². The molecule has 0 amide bonds. The van der Waals surface area contributed by atoms with Crippen molar-refractivity contribution in [1.82, 2.24) is 5.32 Å². The van der Waals surface area contributed by atoms with Crippen molar-refractivity contribution in [2.24, 2.45) is 5.73 Å². The number of ether oxygens (including phenoxy) is 1. The fourth-order valence-corrected chi connectivity index (χ4v) is 0.832. The van der Waals surface area contributed by atoms with Crippen molar-refractivity contribution in [3.63, 3.8) is 0 Å². The van der Waals surface area contributed by atoms with Gasteiger partial charge in [0.05, 0.1) is 0 Å². The van der Waals surface area contributed by atoms with Crippen molar-refractivity contribution < 1.29 is 19.4 Å². The Morgan fingerprint density at radius 3 is 2.57 bits per heavy atom. The molecular weight excluding hydrogens is 190 g/mol. The molecule has 5 N–H and O–H groups in total. The molecule has 0 fully saturated rings. The van der Waals surface area contributed by atoms with Gasteiger partial charge in [0.25, 0.3) is 5.78 Å². The minimum absolute atomic E-state index is 0.154. The molecule has 0 saturated heterocycles. The van der Waals surface area contributed by atoms with Crippen LogP contribution in [0.2, 0.25) is 0 Å². The Morgan fingerprint density at radius 2 is 2.21 bits per heavy atom. The van der Waals surface area contributed by atoms with Crippen molar-refractivity contribution in [1.29, 1.82) is 5.41 Å². The quantitative estimate of drug-likeness (QED) is 0.237. The standard InChI is InChI=1S/C7H13N3O4/c1-14-4(5(11)6(12)13)2-3-10-7(8)9/h4H,2-3H2,1H3,(H,12,13)(H4,8,9,10). The number of Topliss-reactive ketones (excluding diaryl/α,β-unsaturated/α-hetero) is 1. The number of carboxylic acid groups (broad SMARTS) is 1. The van der Waals surface area contributed by atoms with Crippen LogP contribution in [-0.2, 0) is 14.3 Å². The Labute approximate surface area is 80.7 Å². The molecule has 0 saturated carbocycles. The summed E-state index contributed by atoms with van der Waals surface area (Å²) in [6.07, 6.45) is -0.847. The third-order valence-electron chi connectivity index (χ3n) is 1.51. The first-order valence-electron chi connectivity index (χ1n) is 3.86. The lowest BCUT2D eigenvalue weighted by atomic mass is 10.1. The summed E-state index contributed by atoms with van der Waals surface area (Å²) >= 11 is 0. The second kappa shape index (κ2) is 5.92. The Bertz CT molecular complexity index is 241. The SMILES string of the molecule is COC(CCNC(=N)N)C(=O)C(=O)O. The molecule has 0 spiro atoms. The van der Waals surface area contributed by atoms with Gasteiger partial charge in [0.2, 0.25) is 0 Å². The molecule has 0 aliphatic heterocycles. The molecule has 0 bridgehead atoms. The van der Waals surface area contributed by atoms with Gasteiger partial charge in [0.15, 0.2) is 5.96 Å². The van der Waals surface area contributed by atoms with E-state index in [0.717, 1.165) is 0 Å². The number of carbonyl (C=O) groups excluding carboxylic acids is 1. The molecule has 0 aromatic carbocycles. The molecule has 0 aromatic heterocycles. The molecular formula is C7H13N3O4. The smallest absolute Gasteiger partial charge is 0.375 e. The lowest BCUT2D eigenvalue weighted by molar-refractivity contribution is -0.154. The van der Waals surface area contributed by atoms with Crippen LogP contribution in [0.15, 0.2) is 0 Å². The topological polar surface area (TPSA) is 125 Å². The molecule has 0 aromatic rings. The summed E-state index contributed by atoms with van der Waals surface area (Å²) < 4.78 is 4.67. The van der Waals surface area contributed by atoms with Crippen LogP contribution in [0.3, 0.4) is 0 Å². The predicted octanol–water partition coefficient (Wildman–Crippen LogP) is -1.47. The number of nitrogens with one attached hydrogen (secondary N) is 2. The highest BCUT2D eigenvalue weighted by molar-refractivity contribution is 6.34. The molecule has 0 aliphatic carbocycles. The van der Waals surface area contributed by atoms with Crippen LogP contribution >= 0.6 is 0 Å². The zero-order chi connectivity index (χ0) is 11.1. The monoisotopic (exact) mass is 203 g/mol. The van der Waals surface area contributed by atoms with Crippen LogP contribution < -0.4 is 11.1 Å². The predicted molar refractivity (Wildman–Crippen MR) is 48.0 cm³/mol. The summed E-state index contributed by atoms with van der Waals surface area (Å²) in [5.41, 5.74) is 4.99. The van der Waals surface area contributed by atoms with Gasteiger partial charge < -0.3 is 20.9 Å². The molecule has 1 unspecified atom stereocenters. The Hall–Kier alpha value is -1.63. The van der Waals surface area contributed by atoms with Gasteiger partial charge in [-0.15, -0.1) is 0 Å². The van der Waals surface area contributed by atoms with Crippen LogP contribution in [0.4, 0.5) is 0 Å². The zero-order valence-corrected chi connectivity index (χ0v) is 7.74. The van der Waals surface area contributed by atoms with Gasteiger partial charge in [-0.3, -0.25) is 10.2 Å². The van der Waals surface area contributed by atoms with Gasteiger partial charge in [0.1, 0.15) is 6.10 Å². The minimum Gasteiger partial charge on any atom is -0.475 e. The second-order valence-corrected chi connectivity index (χ2v) is 2.52. The minimum atomic E-state index is -1.53. The van der Waals surface area contributed by atoms with Crippen molar-refractivity contribution >= 4 is 17.7 Å². The Kier molecular flexibility index (Phi) is 5.23. The number of hydrogen-bond acceptors (Lipinski definition) is 4. The van der Waals surface area contributed by atoms with E-state index in [1.54, 1.807) is 0 Å². The van der Waals surface area contributed by atoms with E-state index >= 15 is 0 Å². The first-order chi connectivity index (χ1) is 6.49. The maximum absolute atomic E-state index is 10.9. The van der Waals surface area contributed by atoms with E-state index < -0.39 is 17.9 Å². The van der Waals surface area contributed by atoms with E-state index in [-0.39, 0.29) is 18.9 Å². The molecule has 0 radical (unpaired) electrons. The van der Waals surface area contributed by atoms with Gasteiger partial charge in [0, 0.05) is 13.7 Å². The van der Waals surface area contributed by atoms with Gasteiger partial charge in [-0.1, -0.05) is 0 Å². The van der Waals surface area contributed by atoms with Gasteiger partial charge in [-0.2, -0.15) is 0 Å². The highest BCUT2D eigenvalue weighted by atomic mass is 16.5. The van der Waals surface area contributed by atoms with Crippen molar-refractivity contribution in [3.8, 4) is 0 Å². The number of hydrogen-bond donors (Lipinski definition) is 4. The summed E-state index contributed by atoms with van der Waals surface area (Å²) in [6.45, 7) is 0.215. The maximum atomic E-state index is 10.9. The van der Waals surface area contributed by atoms with Crippen molar-refractivity contribution in [2.75, 3.05) is 13.7 Å². The first kappa shape index (κ1) is 12.4. The number of guanidine groups is 1. The number of aliphatic carboxylic acids is 1. The van der Waals surface area contributed by atoms with Gasteiger partial charge in [-0.25, -0.2) is 4.79 Å². The van der Waals surface area contributed by atoms with Crippen molar-refractivity contribution in [2.45, 2.75) is 12.5 Å². The third-order valence-corrected chi connectivity index (χ3v) is 1.51. The summed E-state index contributed by atoms with van der Waals surface area (Å²) in [6, 6.07) is 0. The number of carbonyl (C=O) groups is 2. The largest absolute Gasteiger partial charge is 0.475 e. The lowest BCUT2D eigenvalue weighted by Gasteiger charge is -2.11. The normalized spacial score (nSPS) is 11.8. The Morgan fingerprint density at radius 1 is 1.64 bits per heavy atom. The Balaban J connectivity index is 3.97. The number of carboxylic acids is 1. The highest BCUT2D eigenvalue weighted by Gasteiger charge is 2.23. The molecule has 7 heteroatoms. The molecule has 0 aliphatic rings. The van der Waals surface area contributed by atoms with Crippen molar-refractivity contribution in [3.05, 3.63) is 0 Å². The average molecular weight is 203 g/mol. The van der Waals surface area contributed by atoms with E-state index in [2.05, 4.69) is 10.1 Å². The van der Waals surface area contributed by atoms with E-state index in [1.165, 1.54) is 7.11 Å². The van der Waals surface area contributed by atoms with Gasteiger partial charge in [-0.05, 0) is 6.42 Å². The molecule has 0 heterocycles. The highest BCUT2D eigenvalue weighted by Crippen LogP contribution is 1.97. The molecule has 7 nitrogen and oxygen atoms in total. The summed E-state index contributed by atoms with van der Waals surface area (Å²) in [5.74, 6) is -2.76. The fraction of sp³-hybridized carbons (Fsp3) is 0.571. The van der Waals surface area contributed by atoms with E-state index in [9.17, 15) is 9.59 Å². The first-order valence-corrected chi connectivity index (χ1v) is 3.86. The summed E-state index contributed by atoms with van der Waals surface area (Å²) in [4.78, 5) is 21.2. The van der Waals surface area contributed by atoms with E-state index in [4.69, 9.17) is 16.2 Å². The van der Waals surface area contributed by atoms with Crippen LogP contribution in [-0.4, -0.2) is 42.6 Å². The molecule has 14 heavy (non-hydrogen) atoms. The summed E-state index contributed by atoms with van der Waals surface area (Å²) in [7, 11) is 1.25. The zero-order valence-electron chi connectivity index (χ0n) is 7.74. The maximum Gasteiger partial charge on any atom is 0.375 e. The number of ketones is 1. The van der Waals surface area contributed by atoms with Crippen LogP contribution in [0.5, 0.6) is 0 Å². The average Bonchev–Trinajstić information content (AvgIpc) is 2.10. The molecule has 0 rings (SSSR count). The van der Waals surface area contributed by atoms with Crippen LogP contribution in [0.1, 0.15) is 6.42 Å². The van der Waals surface area contributed by atoms with Gasteiger partial charge >= 0.3 is 5.97 Å². The third kappa shape index (κ3) is 4.41. The summed E-state index contributed by atoms with van der Waals surface area (Å²) in [5, 5.41) is 17.6. The van der Waals surface area contributed by atoms with E-state index in [0.29, 0.717) is 0 Å². The second-order valence-electron chi connectivity index (χ2n) is 2.52. The molecule has 1 atom stereocenters. The number of rotatable bonds is 6. The molecule has 80 valence electrons. The number of nitrogens with two attached hydrogens (primary N) is 1. The number of methoxy groups -OCH3 is 1. The fourth-order valence-electron chi connectivity index (χ4n) is 0.832. The van der Waals surface area contributed by atoms with Crippen LogP contribution in [0, 0.1) is 5.41 Å². The lowest BCUT2D eigenvalue weighted by Crippen LogP contribution is -2.36.